The number of hydrogen-bond donors (Lipinski definition) is 2. The standard InChI is InChI=1S/C24H21FN2O3/c25-17-11-9-16(10-12-17)15-30-22-8-4-2-6-20(22)24(29)27-21-7-3-1-5-19(21)23(28)26-18-13-14-18/h1-12,18H,13-15H2,(H,26,28)(H,27,29). The Morgan fingerprint density at radius 3 is 2.27 bits per heavy atom. The maximum atomic E-state index is 13.1. The van der Waals surface area contributed by atoms with Crippen molar-refractivity contribution < 1.29 is 18.7 Å². The first kappa shape index (κ1) is 19.6. The molecule has 0 unspecified atom stereocenters. The summed E-state index contributed by atoms with van der Waals surface area (Å²) in [6.07, 6.45) is 1.97. The first-order chi connectivity index (χ1) is 14.6. The third-order valence-electron chi connectivity index (χ3n) is 4.77. The van der Waals surface area contributed by atoms with Crippen molar-refractivity contribution in [3.05, 3.63) is 95.3 Å². The molecule has 30 heavy (non-hydrogen) atoms. The van der Waals surface area contributed by atoms with Crippen LogP contribution in [0.4, 0.5) is 10.1 Å². The van der Waals surface area contributed by atoms with Crippen molar-refractivity contribution in [1.29, 1.82) is 0 Å². The van der Waals surface area contributed by atoms with E-state index in [1.54, 1.807) is 60.7 Å². The summed E-state index contributed by atoms with van der Waals surface area (Å²) in [6.45, 7) is 0.199. The van der Waals surface area contributed by atoms with E-state index in [-0.39, 0.29) is 30.3 Å². The molecule has 1 aliphatic carbocycles. The van der Waals surface area contributed by atoms with Gasteiger partial charge in [0.05, 0.1) is 16.8 Å². The molecule has 2 N–H and O–H groups in total. The molecule has 1 fully saturated rings. The number of anilines is 1. The van der Waals surface area contributed by atoms with Gasteiger partial charge < -0.3 is 15.4 Å². The zero-order valence-electron chi connectivity index (χ0n) is 16.2. The lowest BCUT2D eigenvalue weighted by Gasteiger charge is -2.14. The van der Waals surface area contributed by atoms with Gasteiger partial charge in [-0.15, -0.1) is 0 Å². The number of amides is 2. The van der Waals surface area contributed by atoms with E-state index in [1.807, 2.05) is 0 Å². The largest absolute Gasteiger partial charge is 0.488 e. The van der Waals surface area contributed by atoms with Crippen molar-refractivity contribution in [1.82, 2.24) is 5.32 Å². The highest BCUT2D eigenvalue weighted by Crippen LogP contribution is 2.24. The number of ether oxygens (including phenoxy) is 1. The van der Waals surface area contributed by atoms with Crippen LogP contribution in [0.1, 0.15) is 39.1 Å². The van der Waals surface area contributed by atoms with Crippen molar-refractivity contribution in [2.45, 2.75) is 25.5 Å². The van der Waals surface area contributed by atoms with Crippen LogP contribution < -0.4 is 15.4 Å². The number of rotatable bonds is 7. The summed E-state index contributed by atoms with van der Waals surface area (Å²) in [7, 11) is 0. The lowest BCUT2D eigenvalue weighted by atomic mass is 10.1. The van der Waals surface area contributed by atoms with Gasteiger partial charge in [0.2, 0.25) is 0 Å². The smallest absolute Gasteiger partial charge is 0.259 e. The highest BCUT2D eigenvalue weighted by molar-refractivity contribution is 6.10. The van der Waals surface area contributed by atoms with Gasteiger partial charge in [0, 0.05) is 6.04 Å². The van der Waals surface area contributed by atoms with Crippen LogP contribution in [-0.4, -0.2) is 17.9 Å². The molecule has 5 nitrogen and oxygen atoms in total. The molecule has 0 atom stereocenters. The summed E-state index contributed by atoms with van der Waals surface area (Å²) in [6, 6.07) is 20.0. The van der Waals surface area contributed by atoms with Crippen molar-refractivity contribution in [2.75, 3.05) is 5.32 Å². The zero-order chi connectivity index (χ0) is 20.9. The molecule has 0 bridgehead atoms. The van der Waals surface area contributed by atoms with Crippen LogP contribution in [0.25, 0.3) is 0 Å². The van der Waals surface area contributed by atoms with E-state index >= 15 is 0 Å². The molecule has 0 radical (unpaired) electrons. The minimum Gasteiger partial charge on any atom is -0.488 e. The highest BCUT2D eigenvalue weighted by atomic mass is 19.1. The predicted octanol–water partition coefficient (Wildman–Crippen LogP) is 4.55. The van der Waals surface area contributed by atoms with E-state index in [0.717, 1.165) is 18.4 Å². The molecule has 0 aromatic heterocycles. The predicted molar refractivity (Wildman–Crippen MR) is 112 cm³/mol. The number of halogens is 1. The first-order valence-electron chi connectivity index (χ1n) is 9.77. The monoisotopic (exact) mass is 404 g/mol. The minimum absolute atomic E-state index is 0.199. The van der Waals surface area contributed by atoms with Crippen molar-refractivity contribution >= 4 is 17.5 Å². The quantitative estimate of drug-likeness (QED) is 0.607. The third kappa shape index (κ3) is 4.84. The zero-order valence-corrected chi connectivity index (χ0v) is 16.2. The summed E-state index contributed by atoms with van der Waals surface area (Å²) in [5.41, 5.74) is 1.99. The van der Waals surface area contributed by atoms with Crippen LogP contribution >= 0.6 is 0 Å². The van der Waals surface area contributed by atoms with Gasteiger partial charge in [-0.25, -0.2) is 4.39 Å². The molecule has 4 rings (SSSR count). The fraction of sp³-hybridized carbons (Fsp3) is 0.167. The number of hydrogen-bond acceptors (Lipinski definition) is 3. The number of benzene rings is 3. The number of carbonyl (C=O) groups excluding carboxylic acids is 2. The van der Waals surface area contributed by atoms with Crippen LogP contribution in [0.3, 0.4) is 0 Å². The first-order valence-corrected chi connectivity index (χ1v) is 9.77. The molecule has 1 saturated carbocycles. The molecule has 0 aliphatic heterocycles. The molecule has 3 aromatic carbocycles. The Labute approximate surface area is 173 Å². The van der Waals surface area contributed by atoms with E-state index in [2.05, 4.69) is 10.6 Å². The Bertz CT molecular complexity index is 1060. The van der Waals surface area contributed by atoms with Crippen molar-refractivity contribution in [3.63, 3.8) is 0 Å². The molecule has 2 amide bonds. The van der Waals surface area contributed by atoms with Gasteiger partial charge in [-0.2, -0.15) is 0 Å². The maximum absolute atomic E-state index is 13.1. The lowest BCUT2D eigenvalue weighted by molar-refractivity contribution is 0.0952. The Morgan fingerprint density at radius 1 is 0.867 bits per heavy atom. The van der Waals surface area contributed by atoms with E-state index in [9.17, 15) is 14.0 Å². The number of carbonyl (C=O) groups is 2. The van der Waals surface area contributed by atoms with Crippen LogP contribution in [0.15, 0.2) is 72.8 Å². The number of nitrogens with one attached hydrogen (secondary N) is 2. The van der Waals surface area contributed by atoms with Gasteiger partial charge in [-0.1, -0.05) is 36.4 Å². The van der Waals surface area contributed by atoms with E-state index in [0.29, 0.717) is 22.6 Å². The van der Waals surface area contributed by atoms with Gasteiger partial charge >= 0.3 is 0 Å². The second-order valence-electron chi connectivity index (χ2n) is 7.16. The molecule has 0 spiro atoms. The third-order valence-corrected chi connectivity index (χ3v) is 4.77. The Balaban J connectivity index is 1.49. The second kappa shape index (κ2) is 8.78. The normalized spacial score (nSPS) is 12.8. The average molecular weight is 404 g/mol. The molecule has 3 aromatic rings. The minimum atomic E-state index is -0.378. The summed E-state index contributed by atoms with van der Waals surface area (Å²) < 4.78 is 18.9. The Hall–Kier alpha value is -3.67. The van der Waals surface area contributed by atoms with Crippen molar-refractivity contribution in [3.8, 4) is 5.75 Å². The van der Waals surface area contributed by atoms with Gasteiger partial charge in [-0.05, 0) is 54.8 Å². The lowest BCUT2D eigenvalue weighted by Crippen LogP contribution is -2.27. The topological polar surface area (TPSA) is 67.4 Å². The molecule has 1 aliphatic rings. The molecule has 152 valence electrons. The molecular formula is C24H21FN2O3. The van der Waals surface area contributed by atoms with E-state index in [1.165, 1.54) is 12.1 Å². The SMILES string of the molecule is O=C(NC1CC1)c1ccccc1NC(=O)c1ccccc1OCc1ccc(F)cc1. The summed E-state index contributed by atoms with van der Waals surface area (Å²) >= 11 is 0. The van der Waals surface area contributed by atoms with Crippen LogP contribution in [0, 0.1) is 5.82 Å². The second-order valence-corrected chi connectivity index (χ2v) is 7.16. The van der Waals surface area contributed by atoms with Gasteiger partial charge in [0.1, 0.15) is 18.2 Å². The van der Waals surface area contributed by atoms with Crippen LogP contribution in [-0.2, 0) is 6.61 Å². The summed E-state index contributed by atoms with van der Waals surface area (Å²) in [5.74, 6) is -0.493. The van der Waals surface area contributed by atoms with E-state index in [4.69, 9.17) is 4.74 Å². The van der Waals surface area contributed by atoms with Crippen LogP contribution in [0.2, 0.25) is 0 Å². The fourth-order valence-corrected chi connectivity index (χ4v) is 2.99. The summed E-state index contributed by atoms with van der Waals surface area (Å²) in [4.78, 5) is 25.4. The van der Waals surface area contributed by atoms with Gasteiger partial charge in [-0.3, -0.25) is 9.59 Å². The maximum Gasteiger partial charge on any atom is 0.259 e. The molecular weight excluding hydrogens is 383 g/mol. The van der Waals surface area contributed by atoms with E-state index < -0.39 is 0 Å². The highest BCUT2D eigenvalue weighted by Gasteiger charge is 2.25. The number of para-hydroxylation sites is 2. The van der Waals surface area contributed by atoms with Crippen molar-refractivity contribution in [2.24, 2.45) is 0 Å². The van der Waals surface area contributed by atoms with Gasteiger partial charge in [0.15, 0.2) is 0 Å². The summed E-state index contributed by atoms with van der Waals surface area (Å²) in [5, 5.41) is 5.75. The fourth-order valence-electron chi connectivity index (χ4n) is 2.99. The van der Waals surface area contributed by atoms with Gasteiger partial charge in [0.25, 0.3) is 11.8 Å². The molecule has 0 heterocycles. The average Bonchev–Trinajstić information content (AvgIpc) is 3.58. The van der Waals surface area contributed by atoms with Crippen LogP contribution in [0.5, 0.6) is 5.75 Å². The Kier molecular flexibility index (Phi) is 5.75. The molecule has 0 saturated heterocycles. The molecule has 6 heteroatoms. The Morgan fingerprint density at radius 2 is 1.53 bits per heavy atom.